The highest BCUT2D eigenvalue weighted by atomic mass is 16.5. The number of rotatable bonds is 10. The molecule has 0 saturated heterocycles. The first-order valence-corrected chi connectivity index (χ1v) is 9.60. The Balaban J connectivity index is -0.00000151. The van der Waals surface area contributed by atoms with Crippen molar-refractivity contribution in [2.75, 3.05) is 33.5 Å². The van der Waals surface area contributed by atoms with Crippen LogP contribution in [-0.2, 0) is 23.9 Å². The lowest BCUT2D eigenvalue weighted by molar-refractivity contribution is -0.127. The van der Waals surface area contributed by atoms with Crippen molar-refractivity contribution in [3.63, 3.8) is 0 Å². The number of hydrogen-bond acceptors (Lipinski definition) is 5. The molecule has 0 radical (unpaired) electrons. The van der Waals surface area contributed by atoms with Crippen LogP contribution in [0.2, 0.25) is 0 Å². The highest BCUT2D eigenvalue weighted by molar-refractivity contribution is 5.83. The first-order valence-electron chi connectivity index (χ1n) is 9.60. The fourth-order valence-electron chi connectivity index (χ4n) is 2.87. The number of ketones is 1. The van der Waals surface area contributed by atoms with Gasteiger partial charge in [-0.2, -0.15) is 0 Å². The molecule has 1 aliphatic rings. The minimum Gasteiger partial charge on any atom is -0.375 e. The van der Waals surface area contributed by atoms with Crippen molar-refractivity contribution in [2.45, 2.75) is 59.4 Å². The number of amides is 2. The van der Waals surface area contributed by atoms with E-state index in [2.05, 4.69) is 15.4 Å². The van der Waals surface area contributed by atoms with Gasteiger partial charge in [-0.05, 0) is 25.7 Å². The third-order valence-electron chi connectivity index (χ3n) is 4.14. The molecule has 26 heavy (non-hydrogen) atoms. The SMILES string of the molecule is CC.COCC(=O)NCCOCC(=O)NC1CCC(C(=O)C(C)C)CC1.[HH].[HH]. The lowest BCUT2D eigenvalue weighted by atomic mass is 9.80. The quantitative estimate of drug-likeness (QED) is 0.570. The molecule has 2 amide bonds. The Labute approximate surface area is 160 Å². The van der Waals surface area contributed by atoms with E-state index in [1.165, 1.54) is 7.11 Å². The van der Waals surface area contributed by atoms with Crippen molar-refractivity contribution in [1.82, 2.24) is 10.6 Å². The maximum atomic E-state index is 12.0. The fourth-order valence-corrected chi connectivity index (χ4v) is 2.87. The Morgan fingerprint density at radius 1 is 1.04 bits per heavy atom. The Bertz CT molecular complexity index is 429. The van der Waals surface area contributed by atoms with Gasteiger partial charge < -0.3 is 20.1 Å². The maximum Gasteiger partial charge on any atom is 0.246 e. The van der Waals surface area contributed by atoms with Crippen LogP contribution < -0.4 is 10.6 Å². The summed E-state index contributed by atoms with van der Waals surface area (Å²) in [7, 11) is 1.45. The zero-order valence-corrected chi connectivity index (χ0v) is 16.9. The van der Waals surface area contributed by atoms with Crippen LogP contribution in [0.3, 0.4) is 0 Å². The van der Waals surface area contributed by atoms with E-state index in [-0.39, 0.29) is 52.4 Å². The number of hydrogen-bond donors (Lipinski definition) is 2. The van der Waals surface area contributed by atoms with Crippen LogP contribution in [0.15, 0.2) is 0 Å². The molecule has 0 unspecified atom stereocenters. The summed E-state index contributed by atoms with van der Waals surface area (Å²) < 4.78 is 9.92. The molecule has 0 bridgehead atoms. The van der Waals surface area contributed by atoms with Crippen molar-refractivity contribution in [3.8, 4) is 0 Å². The summed E-state index contributed by atoms with van der Waals surface area (Å²) in [6.45, 7) is 8.49. The summed E-state index contributed by atoms with van der Waals surface area (Å²) in [6.07, 6.45) is 3.35. The topological polar surface area (TPSA) is 93.7 Å². The number of Topliss-reactive ketones (excluding diaryl/α,β-unsaturated/α-hetero) is 1. The van der Waals surface area contributed by atoms with E-state index >= 15 is 0 Å². The van der Waals surface area contributed by atoms with Gasteiger partial charge in [0.25, 0.3) is 0 Å². The third kappa shape index (κ3) is 10.5. The smallest absolute Gasteiger partial charge is 0.246 e. The monoisotopic (exact) mass is 376 g/mol. The first-order chi connectivity index (χ1) is 12.4. The van der Waals surface area contributed by atoms with E-state index in [0.717, 1.165) is 25.7 Å². The largest absolute Gasteiger partial charge is 0.375 e. The molecule has 1 aliphatic carbocycles. The Morgan fingerprint density at radius 3 is 2.19 bits per heavy atom. The van der Waals surface area contributed by atoms with Crippen LogP contribution in [0.5, 0.6) is 0 Å². The predicted octanol–water partition coefficient (Wildman–Crippen LogP) is 2.18. The standard InChI is InChI=1S/C17H30N2O5.C2H6.2H2/c1-12(2)17(22)13-4-6-14(7-5-13)19-16(21)11-24-9-8-18-15(20)10-23-3;1-2;;/h12-14H,4-11H2,1-3H3,(H,18,20)(H,19,21);1-2H3;2*1H. The molecule has 1 rings (SSSR count). The zero-order chi connectivity index (χ0) is 19.9. The summed E-state index contributed by atoms with van der Waals surface area (Å²) in [5, 5.41) is 5.56. The Morgan fingerprint density at radius 2 is 1.65 bits per heavy atom. The second-order valence-corrected chi connectivity index (χ2v) is 6.51. The van der Waals surface area contributed by atoms with Gasteiger partial charge in [-0.25, -0.2) is 0 Å². The highest BCUT2D eigenvalue weighted by Crippen LogP contribution is 2.27. The van der Waals surface area contributed by atoms with Crippen molar-refractivity contribution in [1.29, 1.82) is 0 Å². The van der Waals surface area contributed by atoms with E-state index < -0.39 is 0 Å². The first kappa shape index (κ1) is 24.5. The molecule has 0 atom stereocenters. The normalized spacial score (nSPS) is 19.3. The molecule has 7 heteroatoms. The van der Waals surface area contributed by atoms with Crippen molar-refractivity contribution < 1.29 is 26.7 Å². The van der Waals surface area contributed by atoms with Crippen LogP contribution in [0.1, 0.15) is 56.2 Å². The molecule has 0 heterocycles. The number of methoxy groups -OCH3 is 1. The second-order valence-electron chi connectivity index (χ2n) is 6.51. The number of nitrogens with one attached hydrogen (secondary N) is 2. The highest BCUT2D eigenvalue weighted by Gasteiger charge is 2.28. The lowest BCUT2D eigenvalue weighted by Gasteiger charge is -2.29. The van der Waals surface area contributed by atoms with Crippen molar-refractivity contribution in [3.05, 3.63) is 0 Å². The summed E-state index contributed by atoms with van der Waals surface area (Å²) >= 11 is 0. The summed E-state index contributed by atoms with van der Waals surface area (Å²) in [4.78, 5) is 34.9. The number of carbonyl (C=O) groups is 3. The molecular weight excluding hydrogens is 336 g/mol. The van der Waals surface area contributed by atoms with Crippen LogP contribution in [0.25, 0.3) is 0 Å². The number of ether oxygens (including phenoxy) is 2. The number of carbonyl (C=O) groups excluding carboxylic acids is 3. The molecule has 0 aromatic rings. The van der Waals surface area contributed by atoms with Gasteiger partial charge in [0.2, 0.25) is 11.8 Å². The molecule has 7 nitrogen and oxygen atoms in total. The molecule has 2 N–H and O–H groups in total. The van der Waals surface area contributed by atoms with Crippen LogP contribution in [0.4, 0.5) is 0 Å². The van der Waals surface area contributed by atoms with Crippen LogP contribution in [-0.4, -0.2) is 57.1 Å². The maximum absolute atomic E-state index is 12.0. The van der Waals surface area contributed by atoms with E-state index in [0.29, 0.717) is 12.3 Å². The molecule has 156 valence electrons. The van der Waals surface area contributed by atoms with Gasteiger partial charge in [0.15, 0.2) is 0 Å². The summed E-state index contributed by atoms with van der Waals surface area (Å²) in [5.74, 6) is 0.192. The van der Waals surface area contributed by atoms with Crippen LogP contribution >= 0.6 is 0 Å². The average Bonchev–Trinajstić information content (AvgIpc) is 2.63. The van der Waals surface area contributed by atoms with Crippen molar-refractivity contribution >= 4 is 17.6 Å². The van der Waals surface area contributed by atoms with E-state index in [9.17, 15) is 14.4 Å². The molecule has 1 saturated carbocycles. The van der Waals surface area contributed by atoms with E-state index in [1.54, 1.807) is 0 Å². The van der Waals surface area contributed by atoms with Gasteiger partial charge in [0.1, 0.15) is 19.0 Å². The average molecular weight is 377 g/mol. The van der Waals surface area contributed by atoms with E-state index in [4.69, 9.17) is 4.74 Å². The molecule has 0 aliphatic heterocycles. The molecule has 0 spiro atoms. The fraction of sp³-hybridized carbons (Fsp3) is 0.842. The van der Waals surface area contributed by atoms with Gasteiger partial charge >= 0.3 is 0 Å². The predicted molar refractivity (Wildman–Crippen MR) is 105 cm³/mol. The molecule has 0 aromatic carbocycles. The molecule has 1 fully saturated rings. The third-order valence-corrected chi connectivity index (χ3v) is 4.14. The van der Waals surface area contributed by atoms with Gasteiger partial charge in [0.05, 0.1) is 6.61 Å². The lowest BCUT2D eigenvalue weighted by Crippen LogP contribution is -2.41. The second kappa shape index (κ2) is 14.7. The summed E-state index contributed by atoms with van der Waals surface area (Å²) in [5.41, 5.74) is 0. The molecule has 0 aromatic heterocycles. The van der Waals surface area contributed by atoms with Gasteiger partial charge in [-0.1, -0.05) is 27.7 Å². The minimum absolute atomic E-state index is 0. The Hall–Kier alpha value is -1.47. The Kier molecular flexibility index (Phi) is 13.8. The zero-order valence-electron chi connectivity index (χ0n) is 16.9. The summed E-state index contributed by atoms with van der Waals surface area (Å²) in [6, 6.07) is 0.124. The van der Waals surface area contributed by atoms with Gasteiger partial charge in [-0.15, -0.1) is 0 Å². The van der Waals surface area contributed by atoms with Crippen LogP contribution in [0, 0.1) is 11.8 Å². The molecular formula is C19H40N2O5. The minimum atomic E-state index is -0.210. The van der Waals surface area contributed by atoms with Crippen molar-refractivity contribution in [2.24, 2.45) is 11.8 Å². The van der Waals surface area contributed by atoms with Gasteiger partial charge in [0, 0.05) is 34.4 Å². The van der Waals surface area contributed by atoms with Gasteiger partial charge in [-0.3, -0.25) is 14.4 Å². The van der Waals surface area contributed by atoms with E-state index in [1.807, 2.05) is 27.7 Å².